The highest BCUT2D eigenvalue weighted by molar-refractivity contribution is 6.02. The van der Waals surface area contributed by atoms with E-state index in [-0.39, 0.29) is 11.8 Å². The molecule has 0 fully saturated rings. The predicted octanol–water partition coefficient (Wildman–Crippen LogP) is 3.18. The second-order valence-corrected chi connectivity index (χ2v) is 5.67. The molecule has 0 atom stereocenters. The standard InChI is InChI=1S/C17H22N2O4/c1-10(2)16-18-9-14(23-16)15-12(17(20)19(3)4)7-11(21-5)8-13(15)22-6/h7-10H,1-6H3. The van der Waals surface area contributed by atoms with Crippen molar-refractivity contribution in [2.45, 2.75) is 19.8 Å². The fourth-order valence-corrected chi connectivity index (χ4v) is 2.20. The Labute approximate surface area is 136 Å². The molecule has 6 nitrogen and oxygen atoms in total. The number of methoxy groups -OCH3 is 2. The molecule has 0 unspecified atom stereocenters. The molecule has 1 heterocycles. The van der Waals surface area contributed by atoms with E-state index in [9.17, 15) is 4.79 Å². The molecule has 0 bridgehead atoms. The summed E-state index contributed by atoms with van der Waals surface area (Å²) in [4.78, 5) is 18.3. The highest BCUT2D eigenvalue weighted by atomic mass is 16.5. The molecule has 0 aliphatic rings. The zero-order chi connectivity index (χ0) is 17.1. The predicted molar refractivity (Wildman–Crippen MR) is 87.1 cm³/mol. The van der Waals surface area contributed by atoms with Crippen molar-refractivity contribution in [3.05, 3.63) is 29.8 Å². The van der Waals surface area contributed by atoms with E-state index in [1.54, 1.807) is 46.6 Å². The summed E-state index contributed by atoms with van der Waals surface area (Å²) in [6, 6.07) is 3.40. The van der Waals surface area contributed by atoms with E-state index < -0.39 is 0 Å². The maximum Gasteiger partial charge on any atom is 0.254 e. The van der Waals surface area contributed by atoms with E-state index in [2.05, 4.69) is 4.98 Å². The van der Waals surface area contributed by atoms with E-state index in [1.165, 1.54) is 4.90 Å². The highest BCUT2D eigenvalue weighted by Gasteiger charge is 2.24. The van der Waals surface area contributed by atoms with E-state index >= 15 is 0 Å². The largest absolute Gasteiger partial charge is 0.497 e. The van der Waals surface area contributed by atoms with E-state index in [1.807, 2.05) is 13.8 Å². The van der Waals surface area contributed by atoms with Crippen molar-refractivity contribution in [3.8, 4) is 22.8 Å². The summed E-state index contributed by atoms with van der Waals surface area (Å²) in [6.07, 6.45) is 1.62. The van der Waals surface area contributed by atoms with Crippen LogP contribution in [-0.2, 0) is 0 Å². The Balaban J connectivity index is 2.69. The summed E-state index contributed by atoms with van der Waals surface area (Å²) >= 11 is 0. The summed E-state index contributed by atoms with van der Waals surface area (Å²) in [5.74, 6) is 2.14. The summed E-state index contributed by atoms with van der Waals surface area (Å²) in [5, 5.41) is 0. The van der Waals surface area contributed by atoms with Gasteiger partial charge >= 0.3 is 0 Å². The van der Waals surface area contributed by atoms with Gasteiger partial charge in [-0.15, -0.1) is 0 Å². The molecule has 1 amide bonds. The maximum atomic E-state index is 12.6. The van der Waals surface area contributed by atoms with Gasteiger partial charge in [-0.05, 0) is 6.07 Å². The molecule has 124 valence electrons. The van der Waals surface area contributed by atoms with Gasteiger partial charge in [0.15, 0.2) is 11.7 Å². The molecule has 0 N–H and O–H groups in total. The van der Waals surface area contributed by atoms with Gasteiger partial charge in [0, 0.05) is 26.1 Å². The van der Waals surface area contributed by atoms with Gasteiger partial charge in [0.2, 0.25) is 0 Å². The number of carbonyl (C=O) groups excluding carboxylic acids is 1. The molecule has 1 aromatic heterocycles. The second-order valence-electron chi connectivity index (χ2n) is 5.67. The van der Waals surface area contributed by atoms with Gasteiger partial charge in [0.25, 0.3) is 5.91 Å². The second kappa shape index (κ2) is 6.73. The number of aromatic nitrogens is 1. The number of ether oxygens (including phenoxy) is 2. The molecule has 0 radical (unpaired) electrons. The average molecular weight is 318 g/mol. The minimum atomic E-state index is -0.167. The quantitative estimate of drug-likeness (QED) is 0.847. The van der Waals surface area contributed by atoms with Gasteiger partial charge in [0.05, 0.1) is 31.5 Å². The lowest BCUT2D eigenvalue weighted by atomic mass is 10.0. The zero-order valence-electron chi connectivity index (χ0n) is 14.3. The molecule has 2 rings (SSSR count). The van der Waals surface area contributed by atoms with Crippen molar-refractivity contribution in [2.24, 2.45) is 0 Å². The Morgan fingerprint density at radius 3 is 2.39 bits per heavy atom. The molecule has 0 aliphatic carbocycles. The van der Waals surface area contributed by atoms with Crippen molar-refractivity contribution in [3.63, 3.8) is 0 Å². The topological polar surface area (TPSA) is 64.8 Å². The number of rotatable bonds is 5. The van der Waals surface area contributed by atoms with E-state index in [0.29, 0.717) is 34.3 Å². The molecule has 6 heteroatoms. The number of oxazole rings is 1. The molecule has 0 spiro atoms. The Morgan fingerprint density at radius 2 is 1.91 bits per heavy atom. The third kappa shape index (κ3) is 3.31. The van der Waals surface area contributed by atoms with Crippen LogP contribution < -0.4 is 9.47 Å². The molecule has 0 saturated carbocycles. The minimum Gasteiger partial charge on any atom is -0.497 e. The Morgan fingerprint density at radius 1 is 1.22 bits per heavy atom. The van der Waals surface area contributed by atoms with Gasteiger partial charge < -0.3 is 18.8 Å². The maximum absolute atomic E-state index is 12.6. The lowest BCUT2D eigenvalue weighted by Crippen LogP contribution is -2.22. The van der Waals surface area contributed by atoms with Gasteiger partial charge in [-0.25, -0.2) is 4.98 Å². The Kier molecular flexibility index (Phi) is 4.93. The van der Waals surface area contributed by atoms with Gasteiger partial charge in [-0.2, -0.15) is 0 Å². The number of nitrogens with zero attached hydrogens (tertiary/aromatic N) is 2. The number of carbonyl (C=O) groups is 1. The number of amides is 1. The molecule has 0 aliphatic heterocycles. The Bertz CT molecular complexity index is 705. The monoisotopic (exact) mass is 318 g/mol. The van der Waals surface area contributed by atoms with Crippen LogP contribution in [0.5, 0.6) is 11.5 Å². The first-order valence-corrected chi connectivity index (χ1v) is 7.32. The van der Waals surface area contributed by atoms with Crippen LogP contribution in [0.25, 0.3) is 11.3 Å². The number of hydrogen-bond acceptors (Lipinski definition) is 5. The zero-order valence-corrected chi connectivity index (χ0v) is 14.3. The van der Waals surface area contributed by atoms with Gasteiger partial charge in [0.1, 0.15) is 11.5 Å². The first kappa shape index (κ1) is 16.9. The number of benzene rings is 1. The molecular formula is C17H22N2O4. The third-order valence-corrected chi connectivity index (χ3v) is 3.43. The van der Waals surface area contributed by atoms with E-state index in [0.717, 1.165) is 0 Å². The number of hydrogen-bond donors (Lipinski definition) is 0. The Hall–Kier alpha value is -2.50. The molecule has 2 aromatic rings. The minimum absolute atomic E-state index is 0.154. The molecule has 0 saturated heterocycles. The van der Waals surface area contributed by atoms with Crippen LogP contribution in [0.15, 0.2) is 22.7 Å². The lowest BCUT2D eigenvalue weighted by molar-refractivity contribution is 0.0827. The van der Waals surface area contributed by atoms with Crippen molar-refractivity contribution < 1.29 is 18.7 Å². The third-order valence-electron chi connectivity index (χ3n) is 3.43. The van der Waals surface area contributed by atoms with E-state index in [4.69, 9.17) is 13.9 Å². The van der Waals surface area contributed by atoms with Crippen LogP contribution in [0.1, 0.15) is 36.0 Å². The van der Waals surface area contributed by atoms with Crippen LogP contribution in [0.3, 0.4) is 0 Å². The molecular weight excluding hydrogens is 296 g/mol. The summed E-state index contributed by atoms with van der Waals surface area (Å²) in [5.41, 5.74) is 1.02. The van der Waals surface area contributed by atoms with Crippen LogP contribution in [-0.4, -0.2) is 44.1 Å². The van der Waals surface area contributed by atoms with Crippen LogP contribution in [0, 0.1) is 0 Å². The van der Waals surface area contributed by atoms with Crippen molar-refractivity contribution in [1.82, 2.24) is 9.88 Å². The van der Waals surface area contributed by atoms with Gasteiger partial charge in [-0.1, -0.05) is 13.8 Å². The smallest absolute Gasteiger partial charge is 0.254 e. The van der Waals surface area contributed by atoms with Gasteiger partial charge in [-0.3, -0.25) is 4.79 Å². The fourth-order valence-electron chi connectivity index (χ4n) is 2.20. The fraction of sp³-hybridized carbons (Fsp3) is 0.412. The summed E-state index contributed by atoms with van der Waals surface area (Å²) in [6.45, 7) is 3.99. The summed E-state index contributed by atoms with van der Waals surface area (Å²) < 4.78 is 16.5. The van der Waals surface area contributed by atoms with Crippen LogP contribution in [0.4, 0.5) is 0 Å². The molecule has 1 aromatic carbocycles. The van der Waals surface area contributed by atoms with Crippen LogP contribution in [0.2, 0.25) is 0 Å². The van der Waals surface area contributed by atoms with Crippen molar-refractivity contribution in [2.75, 3.05) is 28.3 Å². The normalized spacial score (nSPS) is 10.7. The highest BCUT2D eigenvalue weighted by Crippen LogP contribution is 2.38. The molecule has 23 heavy (non-hydrogen) atoms. The van der Waals surface area contributed by atoms with Crippen molar-refractivity contribution in [1.29, 1.82) is 0 Å². The first-order valence-electron chi connectivity index (χ1n) is 7.32. The van der Waals surface area contributed by atoms with Crippen LogP contribution >= 0.6 is 0 Å². The first-order chi connectivity index (χ1) is 10.9. The average Bonchev–Trinajstić information content (AvgIpc) is 3.02. The summed E-state index contributed by atoms with van der Waals surface area (Å²) in [7, 11) is 6.47. The van der Waals surface area contributed by atoms with Crippen molar-refractivity contribution >= 4 is 5.91 Å². The SMILES string of the molecule is COc1cc(OC)c(-c2cnc(C(C)C)o2)c(C(=O)N(C)C)c1. The lowest BCUT2D eigenvalue weighted by Gasteiger charge is -2.17.